The van der Waals surface area contributed by atoms with E-state index in [9.17, 15) is 14.4 Å². The van der Waals surface area contributed by atoms with Gasteiger partial charge in [0.15, 0.2) is 5.78 Å². The number of ketones is 1. The molecule has 0 aliphatic heterocycles. The summed E-state index contributed by atoms with van der Waals surface area (Å²) in [5.41, 5.74) is 0. The molecule has 0 fully saturated rings. The SMILES string of the molecule is C#CCOCCOCCOCCOCCOCCC(=O)N[C@H](C(=O)N[C@@H](C)C(=O)C(C)C)C(C)C. The van der Waals surface area contributed by atoms with Crippen LogP contribution >= 0.6 is 0 Å². The van der Waals surface area contributed by atoms with Crippen molar-refractivity contribution < 1.29 is 38.1 Å². The van der Waals surface area contributed by atoms with Gasteiger partial charge >= 0.3 is 0 Å². The van der Waals surface area contributed by atoms with E-state index in [0.717, 1.165) is 0 Å². The smallest absolute Gasteiger partial charge is 0.243 e. The van der Waals surface area contributed by atoms with Crippen molar-refractivity contribution in [2.24, 2.45) is 11.8 Å². The van der Waals surface area contributed by atoms with Crippen LogP contribution in [-0.4, -0.2) is 95.8 Å². The van der Waals surface area contributed by atoms with Gasteiger partial charge in [0.1, 0.15) is 12.6 Å². The Hall–Kier alpha value is -2.03. The Morgan fingerprint density at radius 2 is 1.17 bits per heavy atom. The van der Waals surface area contributed by atoms with Crippen molar-refractivity contribution in [1.29, 1.82) is 0 Å². The molecule has 0 aliphatic carbocycles. The van der Waals surface area contributed by atoms with Crippen molar-refractivity contribution in [3.63, 3.8) is 0 Å². The van der Waals surface area contributed by atoms with E-state index in [0.29, 0.717) is 52.9 Å². The summed E-state index contributed by atoms with van der Waals surface area (Å²) in [5, 5.41) is 5.42. The number of rotatable bonds is 22. The van der Waals surface area contributed by atoms with Crippen LogP contribution in [0.3, 0.4) is 0 Å². The van der Waals surface area contributed by atoms with E-state index in [1.807, 2.05) is 13.8 Å². The van der Waals surface area contributed by atoms with Crippen LogP contribution in [0.4, 0.5) is 0 Å². The van der Waals surface area contributed by atoms with E-state index in [-0.39, 0.29) is 49.1 Å². The van der Waals surface area contributed by atoms with Gasteiger partial charge in [0.05, 0.1) is 65.5 Å². The number of amides is 2. The van der Waals surface area contributed by atoms with E-state index in [4.69, 9.17) is 30.1 Å². The number of carbonyl (C=O) groups is 3. The Balaban J connectivity index is 3.80. The Kier molecular flexibility index (Phi) is 20.0. The third kappa shape index (κ3) is 18.0. The number of carbonyl (C=O) groups excluding carboxylic acids is 3. The minimum atomic E-state index is -0.722. The minimum Gasteiger partial charge on any atom is -0.379 e. The molecule has 0 aromatic heterocycles. The summed E-state index contributed by atoms with van der Waals surface area (Å²) in [6.07, 6.45) is 5.18. The van der Waals surface area contributed by atoms with Gasteiger partial charge in [-0.05, 0) is 12.8 Å². The molecule has 0 rings (SSSR count). The van der Waals surface area contributed by atoms with Gasteiger partial charge < -0.3 is 34.3 Å². The highest BCUT2D eigenvalue weighted by Crippen LogP contribution is 2.05. The zero-order valence-corrected chi connectivity index (χ0v) is 21.9. The highest BCUT2D eigenvalue weighted by molar-refractivity contribution is 5.93. The molecule has 0 radical (unpaired) electrons. The molecule has 0 bridgehead atoms. The molecule has 10 heteroatoms. The molecule has 0 aliphatic rings. The molecule has 2 amide bonds. The minimum absolute atomic E-state index is 0.0539. The number of nitrogens with one attached hydrogen (secondary N) is 2. The monoisotopic (exact) mass is 500 g/mol. The summed E-state index contributed by atoms with van der Waals surface area (Å²) >= 11 is 0. The Bertz CT molecular complexity index is 633. The molecule has 2 atom stereocenters. The molecule has 0 spiro atoms. The topological polar surface area (TPSA) is 121 Å². The van der Waals surface area contributed by atoms with Crippen LogP contribution in [0.15, 0.2) is 0 Å². The molecule has 0 heterocycles. The van der Waals surface area contributed by atoms with Gasteiger partial charge in [0.25, 0.3) is 0 Å². The first-order valence-electron chi connectivity index (χ1n) is 12.2. The lowest BCUT2D eigenvalue weighted by atomic mass is 10.00. The van der Waals surface area contributed by atoms with Gasteiger partial charge in [-0.2, -0.15) is 0 Å². The van der Waals surface area contributed by atoms with E-state index >= 15 is 0 Å². The average Bonchev–Trinajstić information content (AvgIpc) is 2.81. The van der Waals surface area contributed by atoms with E-state index in [1.54, 1.807) is 20.8 Å². The van der Waals surface area contributed by atoms with E-state index in [2.05, 4.69) is 16.6 Å². The molecule has 0 unspecified atom stereocenters. The summed E-state index contributed by atoms with van der Waals surface area (Å²) in [6.45, 7) is 12.9. The Labute approximate surface area is 210 Å². The highest BCUT2D eigenvalue weighted by atomic mass is 16.6. The lowest BCUT2D eigenvalue weighted by molar-refractivity contribution is -0.133. The van der Waals surface area contributed by atoms with Crippen molar-refractivity contribution in [3.8, 4) is 12.3 Å². The largest absolute Gasteiger partial charge is 0.379 e. The predicted molar refractivity (Wildman–Crippen MR) is 132 cm³/mol. The summed E-state index contributed by atoms with van der Waals surface area (Å²) < 4.78 is 26.6. The zero-order chi connectivity index (χ0) is 26.5. The number of ether oxygens (including phenoxy) is 5. The van der Waals surface area contributed by atoms with Gasteiger partial charge in [-0.3, -0.25) is 14.4 Å². The van der Waals surface area contributed by atoms with Crippen LogP contribution in [0.2, 0.25) is 0 Å². The number of hydrogen-bond donors (Lipinski definition) is 2. The van der Waals surface area contributed by atoms with E-state index < -0.39 is 12.1 Å². The van der Waals surface area contributed by atoms with Crippen molar-refractivity contribution in [2.75, 3.05) is 66.1 Å². The maximum Gasteiger partial charge on any atom is 0.243 e. The summed E-state index contributed by atoms with van der Waals surface area (Å²) in [6, 6.07) is -1.33. The van der Waals surface area contributed by atoms with Crippen LogP contribution in [-0.2, 0) is 38.1 Å². The quantitative estimate of drug-likeness (QED) is 0.167. The third-order valence-corrected chi connectivity index (χ3v) is 4.77. The molecule has 10 nitrogen and oxygen atoms in total. The molecule has 2 N–H and O–H groups in total. The van der Waals surface area contributed by atoms with Crippen molar-refractivity contribution in [1.82, 2.24) is 10.6 Å². The molecule has 0 saturated carbocycles. The molecule has 202 valence electrons. The first-order chi connectivity index (χ1) is 16.7. The summed E-state index contributed by atoms with van der Waals surface area (Å²) in [4.78, 5) is 36.8. The van der Waals surface area contributed by atoms with Gasteiger partial charge in [-0.15, -0.1) is 6.42 Å². The molecule has 0 saturated heterocycles. The molecular weight excluding hydrogens is 456 g/mol. The second kappa shape index (κ2) is 21.3. The second-order valence-corrected chi connectivity index (χ2v) is 8.53. The molecule has 0 aromatic carbocycles. The summed E-state index contributed by atoms with van der Waals surface area (Å²) in [5.74, 6) is 1.36. The highest BCUT2D eigenvalue weighted by Gasteiger charge is 2.27. The first-order valence-corrected chi connectivity index (χ1v) is 12.2. The fourth-order valence-corrected chi connectivity index (χ4v) is 2.83. The van der Waals surface area contributed by atoms with Crippen LogP contribution in [0, 0.1) is 24.2 Å². The molecule has 35 heavy (non-hydrogen) atoms. The fourth-order valence-electron chi connectivity index (χ4n) is 2.83. The number of Topliss-reactive ketones (excluding diaryl/α,β-unsaturated/α-hetero) is 1. The lowest BCUT2D eigenvalue weighted by Gasteiger charge is -2.24. The molecular formula is C25H44N2O8. The Morgan fingerprint density at radius 1 is 0.714 bits per heavy atom. The fraction of sp³-hybridized carbons (Fsp3) is 0.800. The number of hydrogen-bond acceptors (Lipinski definition) is 8. The number of terminal acetylenes is 1. The zero-order valence-electron chi connectivity index (χ0n) is 21.9. The Morgan fingerprint density at radius 3 is 1.60 bits per heavy atom. The van der Waals surface area contributed by atoms with Gasteiger partial charge in [0.2, 0.25) is 11.8 Å². The van der Waals surface area contributed by atoms with Crippen molar-refractivity contribution >= 4 is 17.6 Å². The summed E-state index contributed by atoms with van der Waals surface area (Å²) in [7, 11) is 0. The van der Waals surface area contributed by atoms with Crippen LogP contribution < -0.4 is 10.6 Å². The predicted octanol–water partition coefficient (Wildman–Crippen LogP) is 0.963. The van der Waals surface area contributed by atoms with Crippen LogP contribution in [0.25, 0.3) is 0 Å². The average molecular weight is 501 g/mol. The van der Waals surface area contributed by atoms with Gasteiger partial charge in [-0.1, -0.05) is 33.6 Å². The standard InChI is InChI=1S/C25H44N2O8/c1-7-9-31-11-13-33-15-17-35-18-16-34-14-12-32-10-8-22(28)27-23(19(2)3)25(30)26-21(6)24(29)20(4)5/h1,19-21,23H,8-18H2,2-6H3,(H,26,30)(H,27,28)/t21-,23-/m0/s1. The van der Waals surface area contributed by atoms with Gasteiger partial charge in [0, 0.05) is 12.3 Å². The normalized spacial score (nSPS) is 12.9. The maximum absolute atomic E-state index is 12.5. The first kappa shape index (κ1) is 33.0. The molecule has 0 aromatic rings. The van der Waals surface area contributed by atoms with Crippen molar-refractivity contribution in [3.05, 3.63) is 0 Å². The van der Waals surface area contributed by atoms with E-state index in [1.165, 1.54) is 0 Å². The third-order valence-electron chi connectivity index (χ3n) is 4.77. The second-order valence-electron chi connectivity index (χ2n) is 8.53. The van der Waals surface area contributed by atoms with Crippen LogP contribution in [0.5, 0.6) is 0 Å². The lowest BCUT2D eigenvalue weighted by Crippen LogP contribution is -2.53. The van der Waals surface area contributed by atoms with Gasteiger partial charge in [-0.25, -0.2) is 0 Å². The maximum atomic E-state index is 12.5. The van der Waals surface area contributed by atoms with Crippen molar-refractivity contribution in [2.45, 2.75) is 53.1 Å². The van der Waals surface area contributed by atoms with Crippen LogP contribution in [0.1, 0.15) is 41.0 Å².